The van der Waals surface area contributed by atoms with Crippen molar-refractivity contribution in [3.63, 3.8) is 0 Å². The maximum absolute atomic E-state index is 12.1. The first-order chi connectivity index (χ1) is 8.35. The fourth-order valence-corrected chi connectivity index (χ4v) is 2.17. The molecule has 1 atom stereocenters. The van der Waals surface area contributed by atoms with Crippen molar-refractivity contribution in [1.29, 1.82) is 0 Å². The quantitative estimate of drug-likeness (QED) is 0.724. The number of carbonyl (C=O) groups is 2. The molecular weight excluding hydrogens is 230 g/mol. The van der Waals surface area contributed by atoms with E-state index < -0.39 is 0 Å². The predicted octanol–water partition coefficient (Wildman–Crippen LogP) is 2.37. The Morgan fingerprint density at radius 2 is 2.00 bits per heavy atom. The Hall–Kier alpha value is -1.06. The zero-order valence-electron chi connectivity index (χ0n) is 12.0. The van der Waals surface area contributed by atoms with Gasteiger partial charge in [0.05, 0.1) is 6.61 Å². The normalized spacial score (nSPS) is 20.0. The van der Waals surface area contributed by atoms with Crippen molar-refractivity contribution >= 4 is 11.9 Å². The van der Waals surface area contributed by atoms with E-state index in [2.05, 4.69) is 20.8 Å². The van der Waals surface area contributed by atoms with E-state index in [1.54, 1.807) is 11.8 Å². The van der Waals surface area contributed by atoms with Gasteiger partial charge in [0.2, 0.25) is 5.91 Å². The molecule has 1 aliphatic heterocycles. The fraction of sp³-hybridized carbons (Fsp3) is 0.857. The summed E-state index contributed by atoms with van der Waals surface area (Å²) in [4.78, 5) is 25.6. The largest absolute Gasteiger partial charge is 0.464 e. The Bertz CT molecular complexity index is 307. The van der Waals surface area contributed by atoms with Crippen molar-refractivity contribution < 1.29 is 14.3 Å². The second-order valence-electron chi connectivity index (χ2n) is 6.06. The molecule has 1 amide bonds. The molecule has 1 saturated heterocycles. The first kappa shape index (κ1) is 15.0. The lowest BCUT2D eigenvalue weighted by Crippen LogP contribution is -2.41. The molecule has 104 valence electrons. The number of hydrogen-bond donors (Lipinski definition) is 0. The number of likely N-dealkylation sites (tertiary alicyclic amines) is 1. The summed E-state index contributed by atoms with van der Waals surface area (Å²) in [6, 6.07) is -0.350. The lowest BCUT2D eigenvalue weighted by Gasteiger charge is -2.25. The molecule has 0 saturated carbocycles. The number of rotatable bonds is 4. The predicted molar refractivity (Wildman–Crippen MR) is 70.1 cm³/mol. The third-order valence-corrected chi connectivity index (χ3v) is 3.22. The molecule has 0 bridgehead atoms. The van der Waals surface area contributed by atoms with E-state index in [0.717, 1.165) is 19.3 Å². The number of hydrogen-bond acceptors (Lipinski definition) is 3. The summed E-state index contributed by atoms with van der Waals surface area (Å²) < 4.78 is 5.02. The third-order valence-electron chi connectivity index (χ3n) is 3.22. The second-order valence-corrected chi connectivity index (χ2v) is 6.06. The van der Waals surface area contributed by atoms with Crippen molar-refractivity contribution in [2.45, 2.75) is 59.4 Å². The van der Waals surface area contributed by atoms with Crippen LogP contribution in [0.5, 0.6) is 0 Å². The van der Waals surface area contributed by atoms with E-state index in [0.29, 0.717) is 19.6 Å². The van der Waals surface area contributed by atoms with Crippen molar-refractivity contribution in [3.8, 4) is 0 Å². The molecule has 1 unspecified atom stereocenters. The van der Waals surface area contributed by atoms with Gasteiger partial charge in [-0.1, -0.05) is 20.8 Å². The Kier molecular flexibility index (Phi) is 5.17. The minimum absolute atomic E-state index is 0.0838. The van der Waals surface area contributed by atoms with Gasteiger partial charge in [-0.15, -0.1) is 0 Å². The third kappa shape index (κ3) is 4.31. The van der Waals surface area contributed by atoms with Crippen LogP contribution in [0.25, 0.3) is 0 Å². The second kappa shape index (κ2) is 6.21. The number of carbonyl (C=O) groups excluding carboxylic acids is 2. The Morgan fingerprint density at radius 1 is 1.33 bits per heavy atom. The lowest BCUT2D eigenvalue weighted by molar-refractivity contribution is -0.153. The first-order valence-electron chi connectivity index (χ1n) is 6.81. The van der Waals surface area contributed by atoms with Gasteiger partial charge in [-0.2, -0.15) is 0 Å². The molecule has 0 N–H and O–H groups in total. The molecule has 1 heterocycles. The van der Waals surface area contributed by atoms with Crippen molar-refractivity contribution in [2.75, 3.05) is 13.2 Å². The van der Waals surface area contributed by atoms with Crippen LogP contribution in [-0.4, -0.2) is 36.0 Å². The molecule has 4 heteroatoms. The van der Waals surface area contributed by atoms with Crippen LogP contribution in [0, 0.1) is 5.41 Å². The maximum Gasteiger partial charge on any atom is 0.328 e. The summed E-state index contributed by atoms with van der Waals surface area (Å²) in [5, 5.41) is 0. The van der Waals surface area contributed by atoms with Crippen LogP contribution < -0.4 is 0 Å². The highest BCUT2D eigenvalue weighted by Crippen LogP contribution is 2.24. The first-order valence-corrected chi connectivity index (χ1v) is 6.81. The fourth-order valence-electron chi connectivity index (χ4n) is 2.17. The molecule has 4 nitrogen and oxygen atoms in total. The summed E-state index contributed by atoms with van der Waals surface area (Å²) in [6.07, 6.45) is 2.99. The van der Waals surface area contributed by atoms with Crippen LogP contribution in [0.3, 0.4) is 0 Å². The minimum atomic E-state index is -0.350. The molecule has 1 aliphatic rings. The molecule has 0 aromatic rings. The lowest BCUT2D eigenvalue weighted by atomic mass is 9.90. The van der Waals surface area contributed by atoms with Crippen molar-refractivity contribution in [3.05, 3.63) is 0 Å². The average molecular weight is 255 g/mol. The standard InChI is InChI=1S/C14H25NO3/c1-5-18-13(17)11-7-6-10-15(11)12(16)8-9-14(2,3)4/h11H,5-10H2,1-4H3. The average Bonchev–Trinajstić information content (AvgIpc) is 2.74. The number of amides is 1. The Balaban J connectivity index is 2.53. The van der Waals surface area contributed by atoms with Crippen LogP contribution in [0.2, 0.25) is 0 Å². The molecular formula is C14H25NO3. The maximum atomic E-state index is 12.1. The summed E-state index contributed by atoms with van der Waals surface area (Å²) in [6.45, 7) is 9.21. The van der Waals surface area contributed by atoms with Gasteiger partial charge in [-0.25, -0.2) is 4.79 Å². The van der Waals surface area contributed by atoms with Crippen LogP contribution in [0.15, 0.2) is 0 Å². The highest BCUT2D eigenvalue weighted by atomic mass is 16.5. The molecule has 0 aromatic carbocycles. The van der Waals surface area contributed by atoms with Gasteiger partial charge in [0.1, 0.15) is 6.04 Å². The molecule has 0 aliphatic carbocycles. The van der Waals surface area contributed by atoms with E-state index in [-0.39, 0.29) is 23.3 Å². The molecule has 1 rings (SSSR count). The van der Waals surface area contributed by atoms with Crippen molar-refractivity contribution in [2.24, 2.45) is 5.41 Å². The molecule has 1 fully saturated rings. The van der Waals surface area contributed by atoms with Crippen LogP contribution in [0.1, 0.15) is 53.4 Å². The Morgan fingerprint density at radius 3 is 2.56 bits per heavy atom. The van der Waals surface area contributed by atoms with E-state index in [4.69, 9.17) is 4.74 Å². The molecule has 0 spiro atoms. The highest BCUT2D eigenvalue weighted by Gasteiger charge is 2.34. The van der Waals surface area contributed by atoms with Crippen LogP contribution in [-0.2, 0) is 14.3 Å². The van der Waals surface area contributed by atoms with Crippen LogP contribution in [0.4, 0.5) is 0 Å². The number of nitrogens with zero attached hydrogens (tertiary/aromatic N) is 1. The van der Waals surface area contributed by atoms with Crippen molar-refractivity contribution in [1.82, 2.24) is 4.90 Å². The summed E-state index contributed by atoms with van der Waals surface area (Å²) >= 11 is 0. The monoisotopic (exact) mass is 255 g/mol. The van der Waals surface area contributed by atoms with Gasteiger partial charge in [-0.05, 0) is 31.6 Å². The Labute approximate surface area is 110 Å². The summed E-state index contributed by atoms with van der Waals surface area (Å²) in [7, 11) is 0. The van der Waals surface area contributed by atoms with Gasteiger partial charge in [0.25, 0.3) is 0 Å². The summed E-state index contributed by atoms with van der Waals surface area (Å²) in [5.74, 6) is -0.167. The number of ether oxygens (including phenoxy) is 1. The van der Waals surface area contributed by atoms with Crippen LogP contribution >= 0.6 is 0 Å². The van der Waals surface area contributed by atoms with Gasteiger partial charge < -0.3 is 9.64 Å². The van der Waals surface area contributed by atoms with E-state index in [1.807, 2.05) is 0 Å². The van der Waals surface area contributed by atoms with Gasteiger partial charge in [-0.3, -0.25) is 4.79 Å². The smallest absolute Gasteiger partial charge is 0.328 e. The van der Waals surface area contributed by atoms with Gasteiger partial charge >= 0.3 is 5.97 Å². The molecule has 18 heavy (non-hydrogen) atoms. The molecule has 0 radical (unpaired) electrons. The molecule has 0 aromatic heterocycles. The SMILES string of the molecule is CCOC(=O)C1CCCN1C(=O)CCC(C)(C)C. The van der Waals surface area contributed by atoms with E-state index >= 15 is 0 Å². The zero-order chi connectivity index (χ0) is 13.8. The van der Waals surface area contributed by atoms with E-state index in [1.165, 1.54) is 0 Å². The zero-order valence-corrected chi connectivity index (χ0v) is 12.0. The van der Waals surface area contributed by atoms with Gasteiger partial charge in [0.15, 0.2) is 0 Å². The van der Waals surface area contributed by atoms with E-state index in [9.17, 15) is 9.59 Å². The minimum Gasteiger partial charge on any atom is -0.464 e. The summed E-state index contributed by atoms with van der Waals surface area (Å²) in [5.41, 5.74) is 0.148. The number of esters is 1. The highest BCUT2D eigenvalue weighted by molar-refractivity contribution is 5.85. The van der Waals surface area contributed by atoms with Gasteiger partial charge in [0, 0.05) is 13.0 Å². The topological polar surface area (TPSA) is 46.6 Å².